The molecular formula is C23H29N3O. The van der Waals surface area contributed by atoms with Gasteiger partial charge >= 0.3 is 0 Å². The fourth-order valence-corrected chi connectivity index (χ4v) is 3.28. The number of phenols is 1. The third-order valence-electron chi connectivity index (χ3n) is 4.84. The topological polar surface area (TPSA) is 50.9 Å². The average molecular weight is 364 g/mol. The second kappa shape index (κ2) is 8.38. The lowest BCUT2D eigenvalue weighted by Gasteiger charge is -2.10. The van der Waals surface area contributed by atoms with Crippen molar-refractivity contribution >= 4 is 11.0 Å². The highest BCUT2D eigenvalue weighted by molar-refractivity contribution is 5.73. The summed E-state index contributed by atoms with van der Waals surface area (Å²) in [6.45, 7) is 8.74. The lowest BCUT2D eigenvalue weighted by Crippen LogP contribution is -2.01. The maximum absolute atomic E-state index is 10.8. The summed E-state index contributed by atoms with van der Waals surface area (Å²) in [4.78, 5) is 1.54. The molecule has 1 heterocycles. The predicted octanol–water partition coefficient (Wildman–Crippen LogP) is 5.75. The van der Waals surface area contributed by atoms with Gasteiger partial charge in [-0.1, -0.05) is 50.1 Å². The van der Waals surface area contributed by atoms with Gasteiger partial charge in [-0.15, -0.1) is 15.0 Å². The Morgan fingerprint density at radius 3 is 2.44 bits per heavy atom. The molecule has 0 spiro atoms. The molecule has 3 rings (SSSR count). The van der Waals surface area contributed by atoms with Crippen LogP contribution in [-0.4, -0.2) is 20.1 Å². The van der Waals surface area contributed by atoms with Crippen LogP contribution in [0.15, 0.2) is 48.0 Å². The van der Waals surface area contributed by atoms with Gasteiger partial charge in [-0.3, -0.25) is 0 Å². The van der Waals surface area contributed by atoms with Gasteiger partial charge in [-0.2, -0.15) is 0 Å². The summed E-state index contributed by atoms with van der Waals surface area (Å²) >= 11 is 0. The smallest absolute Gasteiger partial charge is 0.146 e. The van der Waals surface area contributed by atoms with E-state index in [-0.39, 0.29) is 5.75 Å². The molecule has 0 aliphatic heterocycles. The fraction of sp³-hybridized carbons (Fsp3) is 0.391. The Balaban J connectivity index is 1.83. The van der Waals surface area contributed by atoms with Gasteiger partial charge in [-0.25, -0.2) is 0 Å². The van der Waals surface area contributed by atoms with Crippen LogP contribution in [0.1, 0.15) is 51.2 Å². The van der Waals surface area contributed by atoms with Crippen molar-refractivity contribution in [2.75, 3.05) is 0 Å². The molecule has 0 unspecified atom stereocenters. The second-order valence-electron chi connectivity index (χ2n) is 7.81. The molecule has 1 N–H and O–H groups in total. The predicted molar refractivity (Wildman–Crippen MR) is 111 cm³/mol. The van der Waals surface area contributed by atoms with Crippen LogP contribution in [0.4, 0.5) is 0 Å². The van der Waals surface area contributed by atoms with E-state index in [4.69, 9.17) is 0 Å². The SMILES string of the molecule is CC(=CCc1cc(C)cc(-n2nc3ccccc3n2)c1O)CCCC(C)C. The summed E-state index contributed by atoms with van der Waals surface area (Å²) in [6.07, 6.45) is 6.53. The summed E-state index contributed by atoms with van der Waals surface area (Å²) < 4.78 is 0. The quantitative estimate of drug-likeness (QED) is 0.544. The molecule has 0 amide bonds. The molecule has 0 radical (unpaired) electrons. The highest BCUT2D eigenvalue weighted by atomic mass is 16.3. The van der Waals surface area contributed by atoms with Gasteiger partial charge in [0.2, 0.25) is 0 Å². The van der Waals surface area contributed by atoms with E-state index < -0.39 is 0 Å². The van der Waals surface area contributed by atoms with Crippen LogP contribution in [0.2, 0.25) is 0 Å². The van der Waals surface area contributed by atoms with Crippen molar-refractivity contribution in [3.63, 3.8) is 0 Å². The van der Waals surface area contributed by atoms with E-state index in [0.717, 1.165) is 40.9 Å². The van der Waals surface area contributed by atoms with Crippen LogP contribution < -0.4 is 0 Å². The third-order valence-corrected chi connectivity index (χ3v) is 4.84. The summed E-state index contributed by atoms with van der Waals surface area (Å²) in [7, 11) is 0. The van der Waals surface area contributed by atoms with E-state index in [1.165, 1.54) is 23.2 Å². The van der Waals surface area contributed by atoms with E-state index in [1.54, 1.807) is 0 Å². The largest absolute Gasteiger partial charge is 0.505 e. The first-order chi connectivity index (χ1) is 12.9. The van der Waals surface area contributed by atoms with Gasteiger partial charge in [0.05, 0.1) is 0 Å². The number of hydrogen-bond acceptors (Lipinski definition) is 3. The van der Waals surface area contributed by atoms with Crippen LogP contribution in [-0.2, 0) is 6.42 Å². The Hall–Kier alpha value is -2.62. The minimum atomic E-state index is 0.257. The molecule has 3 aromatic rings. The molecule has 0 saturated carbocycles. The molecule has 0 fully saturated rings. The lowest BCUT2D eigenvalue weighted by molar-refractivity contribution is 0.462. The Bertz CT molecular complexity index is 920. The summed E-state index contributed by atoms with van der Waals surface area (Å²) in [5, 5.41) is 19.8. The highest BCUT2D eigenvalue weighted by Crippen LogP contribution is 2.29. The number of allylic oxidation sites excluding steroid dienone is 2. The Labute approximate surface area is 161 Å². The molecule has 4 nitrogen and oxygen atoms in total. The summed E-state index contributed by atoms with van der Waals surface area (Å²) in [5.41, 5.74) is 5.65. The minimum Gasteiger partial charge on any atom is -0.505 e. The van der Waals surface area contributed by atoms with Crippen molar-refractivity contribution < 1.29 is 5.11 Å². The molecule has 142 valence electrons. The molecule has 27 heavy (non-hydrogen) atoms. The monoisotopic (exact) mass is 363 g/mol. The van der Waals surface area contributed by atoms with Crippen molar-refractivity contribution in [3.8, 4) is 11.4 Å². The summed E-state index contributed by atoms with van der Waals surface area (Å²) in [5.74, 6) is 1.00. The van der Waals surface area contributed by atoms with Crippen LogP contribution in [0.25, 0.3) is 16.7 Å². The minimum absolute atomic E-state index is 0.257. The molecule has 0 aliphatic carbocycles. The Kier molecular flexibility index (Phi) is 5.94. The molecule has 0 aliphatic rings. The number of rotatable bonds is 7. The zero-order valence-electron chi connectivity index (χ0n) is 16.7. The number of fused-ring (bicyclic) bond motifs is 1. The zero-order valence-corrected chi connectivity index (χ0v) is 16.7. The number of aromatic hydroxyl groups is 1. The number of aromatic nitrogens is 3. The molecule has 2 aromatic carbocycles. The van der Waals surface area contributed by atoms with Crippen LogP contribution in [0.5, 0.6) is 5.75 Å². The van der Waals surface area contributed by atoms with Crippen LogP contribution >= 0.6 is 0 Å². The highest BCUT2D eigenvalue weighted by Gasteiger charge is 2.13. The summed E-state index contributed by atoms with van der Waals surface area (Å²) in [6, 6.07) is 11.7. The van der Waals surface area contributed by atoms with E-state index in [1.807, 2.05) is 43.3 Å². The van der Waals surface area contributed by atoms with E-state index >= 15 is 0 Å². The molecule has 0 saturated heterocycles. The maximum Gasteiger partial charge on any atom is 0.146 e. The maximum atomic E-state index is 10.8. The van der Waals surface area contributed by atoms with Gasteiger partial charge < -0.3 is 5.11 Å². The number of aryl methyl sites for hydroxylation is 1. The normalized spacial score (nSPS) is 12.3. The number of hydrogen-bond donors (Lipinski definition) is 1. The van der Waals surface area contributed by atoms with Gasteiger partial charge in [-0.05, 0) is 62.8 Å². The van der Waals surface area contributed by atoms with Crippen LogP contribution in [0, 0.1) is 12.8 Å². The van der Waals surface area contributed by atoms with Gasteiger partial charge in [0.25, 0.3) is 0 Å². The zero-order chi connectivity index (χ0) is 19.4. The molecular weight excluding hydrogens is 334 g/mol. The average Bonchev–Trinajstić information content (AvgIpc) is 3.05. The number of nitrogens with zero attached hydrogens (tertiary/aromatic N) is 3. The molecule has 4 heteroatoms. The van der Waals surface area contributed by atoms with Gasteiger partial charge in [0, 0.05) is 5.56 Å². The number of phenolic OH excluding ortho intramolecular Hbond substituents is 1. The lowest BCUT2D eigenvalue weighted by atomic mass is 10.0. The fourth-order valence-electron chi connectivity index (χ4n) is 3.28. The van der Waals surface area contributed by atoms with Gasteiger partial charge in [0.1, 0.15) is 22.5 Å². The Morgan fingerprint density at radius 2 is 1.81 bits per heavy atom. The molecule has 0 atom stereocenters. The van der Waals surface area contributed by atoms with Crippen LogP contribution in [0.3, 0.4) is 0 Å². The van der Waals surface area contributed by atoms with Crippen molar-refractivity contribution in [2.45, 2.75) is 53.4 Å². The first kappa shape index (κ1) is 19.2. The first-order valence-corrected chi connectivity index (χ1v) is 9.74. The molecule has 0 bridgehead atoms. The molecule has 1 aromatic heterocycles. The third kappa shape index (κ3) is 4.76. The standard InChI is InChI=1S/C23H29N3O/c1-16(2)8-7-9-17(3)12-13-19-14-18(4)15-22(23(19)27)26-24-20-10-5-6-11-21(20)25-26/h5-6,10-12,14-16,27H,7-9,13H2,1-4H3. The second-order valence-corrected chi connectivity index (χ2v) is 7.81. The first-order valence-electron chi connectivity index (χ1n) is 9.74. The van der Waals surface area contributed by atoms with E-state index in [0.29, 0.717) is 5.69 Å². The van der Waals surface area contributed by atoms with E-state index in [2.05, 4.69) is 37.0 Å². The van der Waals surface area contributed by atoms with Crippen molar-refractivity contribution in [1.29, 1.82) is 0 Å². The van der Waals surface area contributed by atoms with Crippen molar-refractivity contribution in [1.82, 2.24) is 15.0 Å². The Morgan fingerprint density at radius 1 is 1.15 bits per heavy atom. The van der Waals surface area contributed by atoms with E-state index in [9.17, 15) is 5.11 Å². The van der Waals surface area contributed by atoms with Crippen molar-refractivity contribution in [3.05, 3.63) is 59.2 Å². The number of benzene rings is 2. The van der Waals surface area contributed by atoms with Gasteiger partial charge in [0.15, 0.2) is 0 Å². The van der Waals surface area contributed by atoms with Crippen molar-refractivity contribution in [2.24, 2.45) is 5.92 Å².